The van der Waals surface area contributed by atoms with E-state index in [2.05, 4.69) is 6.58 Å². The quantitative estimate of drug-likeness (QED) is 0.324. The SMILES string of the molecule is C=C1C(=O)[C@]23C[C@H]1C[C@H](OC(C)=O)[C@H]2[C@@]1(C)C[C@H](OC(C)=O)[C@H](O)C(C)(C)[C@H]1[C@@H](OC(C)=O)[C@@H]3OC(C)=O. The van der Waals surface area contributed by atoms with Crippen molar-refractivity contribution in [1.29, 1.82) is 0 Å². The summed E-state index contributed by atoms with van der Waals surface area (Å²) >= 11 is 0. The standard InChI is InChI=1S/C28H38O10/c1-12-17-9-18(35-13(2)29)21-27(8)11-19(36-14(3)30)24(34)26(6,7)22(27)20(37-15(4)31)25(38-16(5)32)28(21,10-17)23(12)33/h17-22,24-25,34H,1,9-11H2,2-8H3/t17-,18+,19+,20-,21+,22-,24+,25+,27-,28+/m1/s1. The van der Waals surface area contributed by atoms with Gasteiger partial charge < -0.3 is 24.1 Å². The van der Waals surface area contributed by atoms with Gasteiger partial charge in [-0.2, -0.15) is 0 Å². The highest BCUT2D eigenvalue weighted by molar-refractivity contribution is 6.04. The fraction of sp³-hybridized carbons (Fsp3) is 0.750. The first-order valence-corrected chi connectivity index (χ1v) is 13.1. The van der Waals surface area contributed by atoms with E-state index >= 15 is 0 Å². The second-order valence-electron chi connectivity index (χ2n) is 12.4. The van der Waals surface area contributed by atoms with Gasteiger partial charge in [-0.1, -0.05) is 27.4 Å². The summed E-state index contributed by atoms with van der Waals surface area (Å²) in [5.74, 6) is -4.38. The number of hydrogen-bond donors (Lipinski definition) is 1. The number of hydrogen-bond acceptors (Lipinski definition) is 10. The topological polar surface area (TPSA) is 143 Å². The summed E-state index contributed by atoms with van der Waals surface area (Å²) in [4.78, 5) is 63.5. The van der Waals surface area contributed by atoms with Gasteiger partial charge in [-0.15, -0.1) is 0 Å². The van der Waals surface area contributed by atoms with Crippen LogP contribution in [0.15, 0.2) is 12.2 Å². The van der Waals surface area contributed by atoms with Crippen LogP contribution in [-0.2, 0) is 42.9 Å². The third-order valence-corrected chi connectivity index (χ3v) is 9.58. The zero-order chi connectivity index (χ0) is 28.5. The lowest BCUT2D eigenvalue weighted by atomic mass is 9.38. The molecule has 210 valence electrons. The molecule has 38 heavy (non-hydrogen) atoms. The number of ketones is 1. The average Bonchev–Trinajstić information content (AvgIpc) is 2.94. The van der Waals surface area contributed by atoms with Crippen LogP contribution in [0.3, 0.4) is 0 Å². The Morgan fingerprint density at radius 1 is 0.816 bits per heavy atom. The van der Waals surface area contributed by atoms with Crippen LogP contribution in [0, 0.1) is 34.0 Å². The molecule has 0 aromatic carbocycles. The van der Waals surface area contributed by atoms with E-state index in [1.54, 1.807) is 13.8 Å². The molecule has 0 aliphatic heterocycles. The average molecular weight is 535 g/mol. The van der Waals surface area contributed by atoms with E-state index in [9.17, 15) is 29.1 Å². The van der Waals surface area contributed by atoms with Gasteiger partial charge in [-0.05, 0) is 36.2 Å². The predicted octanol–water partition coefficient (Wildman–Crippen LogP) is 2.29. The number of carbonyl (C=O) groups excluding carboxylic acids is 5. The van der Waals surface area contributed by atoms with Crippen LogP contribution in [-0.4, -0.2) is 65.3 Å². The van der Waals surface area contributed by atoms with Crippen LogP contribution in [0.25, 0.3) is 0 Å². The van der Waals surface area contributed by atoms with Gasteiger partial charge in [0.25, 0.3) is 0 Å². The lowest BCUT2D eigenvalue weighted by Gasteiger charge is -2.68. The van der Waals surface area contributed by atoms with Crippen LogP contribution >= 0.6 is 0 Å². The highest BCUT2D eigenvalue weighted by atomic mass is 16.6. The lowest BCUT2D eigenvalue weighted by Crippen LogP contribution is -2.75. The van der Waals surface area contributed by atoms with Gasteiger partial charge >= 0.3 is 23.9 Å². The molecule has 0 saturated heterocycles. The monoisotopic (exact) mass is 534 g/mol. The number of ether oxygens (including phenoxy) is 4. The maximum atomic E-state index is 14.2. The summed E-state index contributed by atoms with van der Waals surface area (Å²) in [5.41, 5.74) is -3.05. The molecule has 4 saturated carbocycles. The van der Waals surface area contributed by atoms with E-state index in [1.165, 1.54) is 27.7 Å². The minimum Gasteiger partial charge on any atom is -0.462 e. The lowest BCUT2D eigenvalue weighted by molar-refractivity contribution is -0.299. The van der Waals surface area contributed by atoms with Crippen LogP contribution in [0.2, 0.25) is 0 Å². The molecule has 1 spiro atoms. The van der Waals surface area contributed by atoms with Crippen molar-refractivity contribution >= 4 is 29.7 Å². The van der Waals surface area contributed by atoms with Gasteiger partial charge in [0.15, 0.2) is 11.9 Å². The molecule has 4 aliphatic rings. The normalized spacial score (nSPS) is 42.8. The minimum absolute atomic E-state index is 0.112. The first kappa shape index (κ1) is 28.3. The fourth-order valence-corrected chi connectivity index (χ4v) is 8.88. The Hall–Kier alpha value is -2.75. The zero-order valence-corrected chi connectivity index (χ0v) is 23.1. The molecule has 4 aliphatic carbocycles. The summed E-state index contributed by atoms with van der Waals surface area (Å²) < 4.78 is 23.3. The molecule has 0 radical (unpaired) electrons. The van der Waals surface area contributed by atoms with E-state index < -0.39 is 82.5 Å². The zero-order valence-electron chi connectivity index (χ0n) is 23.1. The Kier molecular flexibility index (Phi) is 6.82. The van der Waals surface area contributed by atoms with E-state index in [0.29, 0.717) is 12.0 Å². The number of aliphatic hydroxyl groups excluding tert-OH is 1. The molecule has 1 N–H and O–H groups in total. The van der Waals surface area contributed by atoms with Crippen LogP contribution in [0.5, 0.6) is 0 Å². The molecule has 0 aromatic rings. The largest absolute Gasteiger partial charge is 0.462 e. The highest BCUT2D eigenvalue weighted by Crippen LogP contribution is 2.72. The van der Waals surface area contributed by atoms with E-state index in [4.69, 9.17) is 18.9 Å². The van der Waals surface area contributed by atoms with Crippen LogP contribution in [0.1, 0.15) is 67.7 Å². The Morgan fingerprint density at radius 2 is 1.34 bits per heavy atom. The van der Waals surface area contributed by atoms with Gasteiger partial charge in [0.05, 0.1) is 11.5 Å². The number of carbonyl (C=O) groups is 5. The highest BCUT2D eigenvalue weighted by Gasteiger charge is 2.79. The van der Waals surface area contributed by atoms with Crippen molar-refractivity contribution in [3.8, 4) is 0 Å². The Morgan fingerprint density at radius 3 is 1.87 bits per heavy atom. The molecule has 4 fully saturated rings. The summed E-state index contributed by atoms with van der Waals surface area (Å²) in [6, 6.07) is 0. The molecule has 2 bridgehead atoms. The van der Waals surface area contributed by atoms with E-state index in [1.807, 2.05) is 6.92 Å². The number of aliphatic hydroxyl groups is 1. The Bertz CT molecular complexity index is 1090. The summed E-state index contributed by atoms with van der Waals surface area (Å²) in [6.45, 7) is 14.5. The third-order valence-electron chi connectivity index (χ3n) is 9.58. The Labute approximate surface area is 222 Å². The van der Waals surface area contributed by atoms with Gasteiger partial charge in [0.1, 0.15) is 18.3 Å². The molecule has 10 atom stereocenters. The second-order valence-corrected chi connectivity index (χ2v) is 12.4. The minimum atomic E-state index is -1.39. The maximum Gasteiger partial charge on any atom is 0.303 e. The van der Waals surface area contributed by atoms with Gasteiger partial charge in [0, 0.05) is 44.9 Å². The summed E-state index contributed by atoms with van der Waals surface area (Å²) in [7, 11) is 0. The molecular formula is C28H38O10. The van der Waals surface area contributed by atoms with E-state index in [0.717, 1.165) is 0 Å². The summed E-state index contributed by atoms with van der Waals surface area (Å²) in [6.07, 6.45) is -4.39. The molecular weight excluding hydrogens is 496 g/mol. The van der Waals surface area contributed by atoms with Gasteiger partial charge in [-0.25, -0.2) is 0 Å². The maximum absolute atomic E-state index is 14.2. The molecule has 0 heterocycles. The first-order valence-electron chi connectivity index (χ1n) is 13.1. The second kappa shape index (κ2) is 9.17. The molecule has 10 nitrogen and oxygen atoms in total. The van der Waals surface area contributed by atoms with Gasteiger partial charge in [-0.3, -0.25) is 24.0 Å². The number of fused-ring (bicyclic) bond motifs is 3. The summed E-state index contributed by atoms with van der Waals surface area (Å²) in [5, 5.41) is 11.5. The smallest absolute Gasteiger partial charge is 0.303 e. The van der Waals surface area contributed by atoms with Crippen molar-refractivity contribution in [1.82, 2.24) is 0 Å². The third kappa shape index (κ3) is 3.98. The molecule has 0 unspecified atom stereocenters. The molecule has 0 amide bonds. The predicted molar refractivity (Wildman–Crippen MR) is 131 cm³/mol. The number of allylic oxidation sites excluding steroid dienone is 1. The molecule has 0 aromatic heterocycles. The fourth-order valence-electron chi connectivity index (χ4n) is 8.88. The van der Waals surface area contributed by atoms with E-state index in [-0.39, 0.29) is 24.5 Å². The van der Waals surface area contributed by atoms with Crippen molar-refractivity contribution < 1.29 is 48.0 Å². The number of rotatable bonds is 4. The van der Waals surface area contributed by atoms with Gasteiger partial charge in [0.2, 0.25) is 0 Å². The number of Topliss-reactive ketones (excluding diaryl/α,β-unsaturated/α-hetero) is 1. The molecule has 10 heteroatoms. The van der Waals surface area contributed by atoms with Crippen molar-refractivity contribution in [3.63, 3.8) is 0 Å². The molecule has 4 rings (SSSR count). The van der Waals surface area contributed by atoms with Crippen molar-refractivity contribution in [3.05, 3.63) is 12.2 Å². The van der Waals surface area contributed by atoms with Crippen molar-refractivity contribution in [2.75, 3.05) is 0 Å². The van der Waals surface area contributed by atoms with Crippen LogP contribution < -0.4 is 0 Å². The van der Waals surface area contributed by atoms with Crippen LogP contribution in [0.4, 0.5) is 0 Å². The number of esters is 4. The first-order chi connectivity index (χ1) is 17.5. The van der Waals surface area contributed by atoms with Crippen molar-refractivity contribution in [2.45, 2.75) is 98.2 Å². The van der Waals surface area contributed by atoms with Crippen molar-refractivity contribution in [2.24, 2.45) is 34.0 Å². The Balaban J connectivity index is 2.04.